The summed E-state index contributed by atoms with van der Waals surface area (Å²) in [6.07, 6.45) is 0.000556. The summed E-state index contributed by atoms with van der Waals surface area (Å²) in [6, 6.07) is 14.7. The summed E-state index contributed by atoms with van der Waals surface area (Å²) in [5.41, 5.74) is 3.84. The first-order valence-corrected chi connectivity index (χ1v) is 6.87. The standard InChI is InChI=1S/2C9H10O2.Co/c2*1-7-2-4-8(5-3-7)6-9(10)11;/h2*2-5H,6H2,1H3,(H,10,11);/q;;+2/p-2. The van der Waals surface area contributed by atoms with Crippen molar-refractivity contribution in [2.24, 2.45) is 0 Å². The van der Waals surface area contributed by atoms with Crippen LogP contribution in [0.1, 0.15) is 22.3 Å². The van der Waals surface area contributed by atoms with Gasteiger partial charge in [-0.15, -0.1) is 0 Å². The molecule has 2 aromatic carbocycles. The van der Waals surface area contributed by atoms with E-state index in [1.54, 1.807) is 24.3 Å². The second-order valence-electron chi connectivity index (χ2n) is 5.07. The van der Waals surface area contributed by atoms with Gasteiger partial charge in [-0.3, -0.25) is 0 Å². The largest absolute Gasteiger partial charge is 2.00 e. The Morgan fingerprint density at radius 2 is 0.957 bits per heavy atom. The molecule has 123 valence electrons. The molecule has 0 saturated carbocycles. The molecule has 0 saturated heterocycles. The quantitative estimate of drug-likeness (QED) is 0.801. The first-order valence-electron chi connectivity index (χ1n) is 6.87. The molecule has 0 heterocycles. The van der Waals surface area contributed by atoms with E-state index in [0.29, 0.717) is 0 Å². The molecule has 0 bridgehead atoms. The van der Waals surface area contributed by atoms with Crippen LogP contribution in [-0.2, 0) is 39.2 Å². The van der Waals surface area contributed by atoms with Crippen molar-refractivity contribution in [2.75, 3.05) is 0 Å². The number of benzene rings is 2. The first kappa shape index (κ1) is 20.9. The Morgan fingerprint density at radius 3 is 1.17 bits per heavy atom. The van der Waals surface area contributed by atoms with Crippen molar-refractivity contribution >= 4 is 11.9 Å². The number of carboxylic acids is 2. The number of aryl methyl sites for hydroxylation is 2. The van der Waals surface area contributed by atoms with Crippen LogP contribution in [0.25, 0.3) is 0 Å². The molecule has 0 amide bonds. The Hall–Kier alpha value is -2.11. The molecule has 4 nitrogen and oxygen atoms in total. The molecule has 0 atom stereocenters. The molecule has 23 heavy (non-hydrogen) atoms. The molecule has 0 fully saturated rings. The Bertz CT molecular complexity index is 561. The smallest absolute Gasteiger partial charge is 0.550 e. The topological polar surface area (TPSA) is 80.3 Å². The van der Waals surface area contributed by atoms with E-state index in [-0.39, 0.29) is 29.6 Å². The summed E-state index contributed by atoms with van der Waals surface area (Å²) in [7, 11) is 0. The molecule has 5 heteroatoms. The first-order chi connectivity index (χ1) is 10.4. The van der Waals surface area contributed by atoms with Gasteiger partial charge in [0.1, 0.15) is 0 Å². The summed E-state index contributed by atoms with van der Waals surface area (Å²) in [6.45, 7) is 3.92. The normalized spacial score (nSPS) is 9.13. The minimum atomic E-state index is -1.03. The number of hydrogen-bond acceptors (Lipinski definition) is 4. The maximum absolute atomic E-state index is 10.1. The SMILES string of the molecule is Cc1ccc(CC(=O)[O-])cc1.Cc1ccc(CC(=O)[O-])cc1.[Co+2]. The predicted molar refractivity (Wildman–Crippen MR) is 79.8 cm³/mol. The molecular formula is C18H18CoO4. The fourth-order valence-electron chi connectivity index (χ4n) is 1.75. The minimum absolute atomic E-state index is 0. The average molecular weight is 357 g/mol. The molecule has 0 spiro atoms. The van der Waals surface area contributed by atoms with E-state index in [9.17, 15) is 19.8 Å². The number of rotatable bonds is 4. The van der Waals surface area contributed by atoms with Crippen LogP contribution in [0.2, 0.25) is 0 Å². The molecule has 2 rings (SSSR count). The van der Waals surface area contributed by atoms with Crippen LogP contribution in [0.5, 0.6) is 0 Å². The molecule has 0 N–H and O–H groups in total. The second kappa shape index (κ2) is 10.6. The van der Waals surface area contributed by atoms with E-state index >= 15 is 0 Å². The van der Waals surface area contributed by atoms with Gasteiger partial charge in [-0.1, -0.05) is 59.7 Å². The van der Waals surface area contributed by atoms with Crippen LogP contribution in [0.3, 0.4) is 0 Å². The zero-order chi connectivity index (χ0) is 16.5. The van der Waals surface area contributed by atoms with Crippen molar-refractivity contribution in [1.29, 1.82) is 0 Å². The Morgan fingerprint density at radius 1 is 0.696 bits per heavy atom. The van der Waals surface area contributed by atoms with Gasteiger partial charge in [0.2, 0.25) is 0 Å². The van der Waals surface area contributed by atoms with Gasteiger partial charge in [0.15, 0.2) is 0 Å². The monoisotopic (exact) mass is 357 g/mol. The van der Waals surface area contributed by atoms with Crippen LogP contribution in [0.15, 0.2) is 48.5 Å². The third-order valence-corrected chi connectivity index (χ3v) is 2.94. The summed E-state index contributed by atoms with van der Waals surface area (Å²) in [5.74, 6) is -2.07. The van der Waals surface area contributed by atoms with E-state index in [1.807, 2.05) is 38.1 Å². The van der Waals surface area contributed by atoms with Gasteiger partial charge in [-0.25, -0.2) is 0 Å². The van der Waals surface area contributed by atoms with Crippen LogP contribution in [0, 0.1) is 13.8 Å². The fraction of sp³-hybridized carbons (Fsp3) is 0.222. The summed E-state index contributed by atoms with van der Waals surface area (Å²) >= 11 is 0. The molecular weight excluding hydrogens is 339 g/mol. The zero-order valence-corrected chi connectivity index (χ0v) is 14.0. The number of hydrogen-bond donors (Lipinski definition) is 0. The number of carboxylic acid groups (broad SMARTS) is 2. The zero-order valence-electron chi connectivity index (χ0n) is 13.0. The molecule has 0 aliphatic rings. The Kier molecular flexibility index (Phi) is 9.61. The Labute approximate surface area is 146 Å². The van der Waals surface area contributed by atoms with Crippen molar-refractivity contribution in [1.82, 2.24) is 0 Å². The van der Waals surface area contributed by atoms with Gasteiger partial charge in [0.05, 0.1) is 0 Å². The third-order valence-electron chi connectivity index (χ3n) is 2.94. The van der Waals surface area contributed by atoms with Crippen molar-refractivity contribution in [3.8, 4) is 0 Å². The van der Waals surface area contributed by atoms with E-state index in [0.717, 1.165) is 22.3 Å². The number of carbonyl (C=O) groups is 2. The van der Waals surface area contributed by atoms with Crippen molar-refractivity contribution < 1.29 is 36.6 Å². The molecule has 0 unspecified atom stereocenters. The summed E-state index contributed by atoms with van der Waals surface area (Å²) in [4.78, 5) is 20.3. The van der Waals surface area contributed by atoms with Gasteiger partial charge in [-0.05, 0) is 25.0 Å². The van der Waals surface area contributed by atoms with Crippen molar-refractivity contribution in [3.63, 3.8) is 0 Å². The average Bonchev–Trinajstić information content (AvgIpc) is 2.44. The second-order valence-corrected chi connectivity index (χ2v) is 5.07. The number of carbonyl (C=O) groups excluding carboxylic acids is 2. The van der Waals surface area contributed by atoms with E-state index in [4.69, 9.17) is 0 Å². The van der Waals surface area contributed by atoms with Gasteiger partial charge >= 0.3 is 16.8 Å². The van der Waals surface area contributed by atoms with Gasteiger partial charge in [-0.2, -0.15) is 0 Å². The van der Waals surface area contributed by atoms with Crippen molar-refractivity contribution in [3.05, 3.63) is 70.8 Å². The van der Waals surface area contributed by atoms with Crippen LogP contribution in [0.4, 0.5) is 0 Å². The van der Waals surface area contributed by atoms with Crippen LogP contribution in [-0.4, -0.2) is 11.9 Å². The van der Waals surface area contributed by atoms with E-state index in [1.165, 1.54) is 0 Å². The molecule has 0 aliphatic heterocycles. The van der Waals surface area contributed by atoms with Gasteiger partial charge in [0.25, 0.3) is 0 Å². The molecule has 2 aromatic rings. The number of aliphatic carboxylic acids is 2. The predicted octanol–water partition coefficient (Wildman–Crippen LogP) is 0.572. The van der Waals surface area contributed by atoms with E-state index < -0.39 is 11.9 Å². The van der Waals surface area contributed by atoms with E-state index in [2.05, 4.69) is 0 Å². The third kappa shape index (κ3) is 9.49. The van der Waals surface area contributed by atoms with Crippen molar-refractivity contribution in [2.45, 2.75) is 26.7 Å². The Balaban J connectivity index is 0.000000403. The molecule has 0 aromatic heterocycles. The van der Waals surface area contributed by atoms with Crippen LogP contribution < -0.4 is 10.2 Å². The van der Waals surface area contributed by atoms with Crippen LogP contribution >= 0.6 is 0 Å². The van der Waals surface area contributed by atoms with Gasteiger partial charge in [0, 0.05) is 24.8 Å². The molecule has 0 aliphatic carbocycles. The summed E-state index contributed by atoms with van der Waals surface area (Å²) in [5, 5.41) is 20.3. The summed E-state index contributed by atoms with van der Waals surface area (Å²) < 4.78 is 0. The van der Waals surface area contributed by atoms with Gasteiger partial charge < -0.3 is 19.8 Å². The maximum atomic E-state index is 10.1. The fourth-order valence-corrected chi connectivity index (χ4v) is 1.75. The molecule has 1 radical (unpaired) electrons. The minimum Gasteiger partial charge on any atom is -0.550 e. The maximum Gasteiger partial charge on any atom is 2.00 e.